The highest BCUT2D eigenvalue weighted by Crippen LogP contribution is 2.33. The van der Waals surface area contributed by atoms with Crippen LogP contribution in [0.2, 0.25) is 0 Å². The van der Waals surface area contributed by atoms with E-state index < -0.39 is 9.84 Å². The van der Waals surface area contributed by atoms with Gasteiger partial charge >= 0.3 is 0 Å². The Morgan fingerprint density at radius 3 is 2.64 bits per heavy atom. The zero-order valence-electron chi connectivity index (χ0n) is 18.7. The standard InChI is InChI=1S/C23H26N4O4S2/c1-15-24-23(32-26-15)25-18-6-11-22(31-20-7-9-21(10-8-20)33(3,29)30)17(13-18)14-19-5-4-12-27(19)16(2)28/h6-11,13,19H,4-5,12,14H2,1-3H3,(H,24,25,26). The summed E-state index contributed by atoms with van der Waals surface area (Å²) in [5.74, 6) is 1.99. The normalized spacial score (nSPS) is 16.1. The average molecular weight is 487 g/mol. The van der Waals surface area contributed by atoms with Crippen molar-refractivity contribution in [2.75, 3.05) is 18.1 Å². The van der Waals surface area contributed by atoms with Crippen molar-refractivity contribution in [2.24, 2.45) is 0 Å². The minimum atomic E-state index is -3.28. The van der Waals surface area contributed by atoms with Crippen molar-refractivity contribution in [3.05, 3.63) is 53.9 Å². The van der Waals surface area contributed by atoms with E-state index in [9.17, 15) is 13.2 Å². The first-order chi connectivity index (χ1) is 15.7. The van der Waals surface area contributed by atoms with Gasteiger partial charge in [0.15, 0.2) is 9.84 Å². The molecule has 33 heavy (non-hydrogen) atoms. The maximum atomic E-state index is 12.1. The van der Waals surface area contributed by atoms with Gasteiger partial charge in [0.05, 0.1) is 4.90 Å². The quantitative estimate of drug-likeness (QED) is 0.530. The number of nitrogens with zero attached hydrogens (tertiary/aromatic N) is 3. The molecule has 10 heteroatoms. The van der Waals surface area contributed by atoms with Gasteiger partial charge in [-0.2, -0.15) is 4.37 Å². The van der Waals surface area contributed by atoms with Gasteiger partial charge in [-0.05, 0) is 74.2 Å². The van der Waals surface area contributed by atoms with E-state index in [2.05, 4.69) is 14.7 Å². The summed E-state index contributed by atoms with van der Waals surface area (Å²) < 4.78 is 33.8. The topological polar surface area (TPSA) is 101 Å². The number of sulfone groups is 1. The molecule has 0 aliphatic carbocycles. The number of ether oxygens (including phenoxy) is 1. The molecule has 2 aromatic carbocycles. The molecule has 0 bridgehead atoms. The van der Waals surface area contributed by atoms with Crippen LogP contribution in [-0.4, -0.2) is 47.4 Å². The van der Waals surface area contributed by atoms with Crippen molar-refractivity contribution < 1.29 is 17.9 Å². The smallest absolute Gasteiger partial charge is 0.219 e. The van der Waals surface area contributed by atoms with Crippen molar-refractivity contribution in [2.45, 2.75) is 44.0 Å². The molecule has 1 N–H and O–H groups in total. The molecule has 1 atom stereocenters. The number of rotatable bonds is 7. The van der Waals surface area contributed by atoms with Crippen LogP contribution in [0.25, 0.3) is 0 Å². The van der Waals surface area contributed by atoms with Crippen LogP contribution in [-0.2, 0) is 21.1 Å². The zero-order valence-corrected chi connectivity index (χ0v) is 20.4. The fourth-order valence-electron chi connectivity index (χ4n) is 3.99. The van der Waals surface area contributed by atoms with Crippen LogP contribution in [0.1, 0.15) is 31.2 Å². The lowest BCUT2D eigenvalue weighted by atomic mass is 10.0. The number of nitrogens with one attached hydrogen (secondary N) is 1. The second-order valence-electron chi connectivity index (χ2n) is 8.15. The summed E-state index contributed by atoms with van der Waals surface area (Å²) in [6.07, 6.45) is 3.75. The third-order valence-electron chi connectivity index (χ3n) is 5.56. The van der Waals surface area contributed by atoms with Gasteiger partial charge in [-0.25, -0.2) is 13.4 Å². The number of amides is 1. The summed E-state index contributed by atoms with van der Waals surface area (Å²) in [5, 5.41) is 3.98. The Balaban J connectivity index is 1.62. The van der Waals surface area contributed by atoms with Gasteiger partial charge in [0.2, 0.25) is 11.0 Å². The highest BCUT2D eigenvalue weighted by atomic mass is 32.2. The second kappa shape index (κ2) is 9.48. The lowest BCUT2D eigenvalue weighted by Crippen LogP contribution is -2.35. The summed E-state index contributed by atoms with van der Waals surface area (Å²) in [5.41, 5.74) is 1.81. The molecule has 1 saturated heterocycles. The average Bonchev–Trinajstić information content (AvgIpc) is 3.38. The molecule has 1 aliphatic rings. The van der Waals surface area contributed by atoms with Gasteiger partial charge in [0, 0.05) is 43.0 Å². The Hall–Kier alpha value is -2.98. The number of benzene rings is 2. The highest BCUT2D eigenvalue weighted by molar-refractivity contribution is 7.90. The van der Waals surface area contributed by atoms with Gasteiger partial charge in [0.25, 0.3) is 0 Å². The molecular formula is C23H26N4O4S2. The van der Waals surface area contributed by atoms with E-state index in [0.717, 1.165) is 30.6 Å². The molecule has 0 spiro atoms. The number of carbonyl (C=O) groups excluding carboxylic acids is 1. The number of hydrogen-bond acceptors (Lipinski definition) is 8. The minimum Gasteiger partial charge on any atom is -0.457 e. The molecule has 4 rings (SSSR count). The molecule has 1 unspecified atom stereocenters. The molecule has 1 amide bonds. The molecule has 3 aromatic rings. The summed E-state index contributed by atoms with van der Waals surface area (Å²) >= 11 is 1.29. The van der Waals surface area contributed by atoms with E-state index in [-0.39, 0.29) is 16.8 Å². The second-order valence-corrected chi connectivity index (χ2v) is 10.9. The summed E-state index contributed by atoms with van der Waals surface area (Å²) in [4.78, 5) is 18.6. The molecule has 8 nitrogen and oxygen atoms in total. The van der Waals surface area contributed by atoms with Crippen molar-refractivity contribution >= 4 is 38.1 Å². The first kappa shape index (κ1) is 23.2. The van der Waals surface area contributed by atoms with Crippen LogP contribution in [0.3, 0.4) is 0 Å². The van der Waals surface area contributed by atoms with Crippen LogP contribution in [0.5, 0.6) is 11.5 Å². The molecule has 1 aliphatic heterocycles. The van der Waals surface area contributed by atoms with Crippen molar-refractivity contribution in [3.63, 3.8) is 0 Å². The summed E-state index contributed by atoms with van der Waals surface area (Å²) in [7, 11) is -3.28. The Kier molecular flexibility index (Phi) is 6.66. The third kappa shape index (κ3) is 5.69. The molecule has 2 heterocycles. The van der Waals surface area contributed by atoms with Crippen LogP contribution < -0.4 is 10.1 Å². The van der Waals surface area contributed by atoms with E-state index in [4.69, 9.17) is 4.74 Å². The number of carbonyl (C=O) groups is 1. The Bertz CT molecular complexity index is 1260. The maximum absolute atomic E-state index is 12.1. The van der Waals surface area contributed by atoms with Gasteiger partial charge in [-0.1, -0.05) is 0 Å². The van der Waals surface area contributed by atoms with E-state index in [1.165, 1.54) is 29.9 Å². The predicted octanol–water partition coefficient (Wildman–Crippen LogP) is 4.34. The maximum Gasteiger partial charge on any atom is 0.219 e. The minimum absolute atomic E-state index is 0.0787. The van der Waals surface area contributed by atoms with Crippen molar-refractivity contribution in [3.8, 4) is 11.5 Å². The third-order valence-corrected chi connectivity index (χ3v) is 7.41. The highest BCUT2D eigenvalue weighted by Gasteiger charge is 2.27. The predicted molar refractivity (Wildman–Crippen MR) is 128 cm³/mol. The molecule has 1 fully saturated rings. The number of hydrogen-bond donors (Lipinski definition) is 1. The molecule has 0 saturated carbocycles. The van der Waals surface area contributed by atoms with E-state index in [0.29, 0.717) is 28.9 Å². The number of anilines is 2. The molecular weight excluding hydrogens is 460 g/mol. The zero-order chi connectivity index (χ0) is 23.6. The Labute approximate surface area is 197 Å². The monoisotopic (exact) mass is 486 g/mol. The van der Waals surface area contributed by atoms with Crippen LogP contribution in [0.15, 0.2) is 47.4 Å². The van der Waals surface area contributed by atoms with E-state index in [1.54, 1.807) is 19.1 Å². The summed E-state index contributed by atoms with van der Waals surface area (Å²) in [6.45, 7) is 4.22. The first-order valence-corrected chi connectivity index (χ1v) is 13.3. The Morgan fingerprint density at radius 1 is 1.24 bits per heavy atom. The Morgan fingerprint density at radius 2 is 2.00 bits per heavy atom. The number of likely N-dealkylation sites (tertiary alicyclic amines) is 1. The fraction of sp³-hybridized carbons (Fsp3) is 0.348. The van der Waals surface area contributed by atoms with Gasteiger partial charge < -0.3 is 15.0 Å². The van der Waals surface area contributed by atoms with Crippen molar-refractivity contribution in [1.29, 1.82) is 0 Å². The van der Waals surface area contributed by atoms with E-state index in [1.807, 2.05) is 30.0 Å². The SMILES string of the molecule is CC(=O)N1CCCC1Cc1cc(Nc2nc(C)ns2)ccc1Oc1ccc(S(C)(=O)=O)cc1. The van der Waals surface area contributed by atoms with Gasteiger partial charge in [0.1, 0.15) is 17.3 Å². The largest absolute Gasteiger partial charge is 0.457 e. The summed E-state index contributed by atoms with van der Waals surface area (Å²) in [6, 6.07) is 12.3. The van der Waals surface area contributed by atoms with Gasteiger partial charge in [-0.15, -0.1) is 0 Å². The van der Waals surface area contributed by atoms with Crippen LogP contribution in [0.4, 0.5) is 10.8 Å². The van der Waals surface area contributed by atoms with Crippen molar-refractivity contribution in [1.82, 2.24) is 14.3 Å². The lowest BCUT2D eigenvalue weighted by molar-refractivity contribution is -0.129. The van der Waals surface area contributed by atoms with Crippen LogP contribution >= 0.6 is 11.5 Å². The molecule has 1 aromatic heterocycles. The van der Waals surface area contributed by atoms with E-state index >= 15 is 0 Å². The lowest BCUT2D eigenvalue weighted by Gasteiger charge is -2.24. The number of aromatic nitrogens is 2. The first-order valence-electron chi connectivity index (χ1n) is 10.6. The van der Waals surface area contributed by atoms with Gasteiger partial charge in [-0.3, -0.25) is 4.79 Å². The molecule has 174 valence electrons. The van der Waals surface area contributed by atoms with Crippen LogP contribution in [0, 0.1) is 6.92 Å². The fourth-order valence-corrected chi connectivity index (χ4v) is 5.21. The molecule has 0 radical (unpaired) electrons. The number of aryl methyl sites for hydroxylation is 1.